The lowest BCUT2D eigenvalue weighted by molar-refractivity contribution is 0.103. The molecule has 0 aliphatic heterocycles. The average Bonchev–Trinajstić information content (AvgIpc) is 2.68. The maximum atomic E-state index is 12.0. The Hall–Kier alpha value is -0.650. The highest BCUT2D eigenvalue weighted by molar-refractivity contribution is 9.11. The van der Waals surface area contributed by atoms with E-state index in [1.165, 1.54) is 11.3 Å². The van der Waals surface area contributed by atoms with Gasteiger partial charge < -0.3 is 5.73 Å². The van der Waals surface area contributed by atoms with Crippen molar-refractivity contribution in [1.29, 1.82) is 0 Å². The number of carbonyl (C=O) groups is 1. The second-order valence-corrected chi connectivity index (χ2v) is 6.35. The summed E-state index contributed by atoms with van der Waals surface area (Å²) < 4.78 is 1.69. The minimum atomic E-state index is 0.00245. The molecule has 0 atom stereocenters. The summed E-state index contributed by atoms with van der Waals surface area (Å²) in [5.41, 5.74) is 7.62. The molecule has 2 rings (SSSR count). The van der Waals surface area contributed by atoms with Gasteiger partial charge in [0.1, 0.15) is 0 Å². The lowest BCUT2D eigenvalue weighted by atomic mass is 10.1. The Balaban J connectivity index is 2.38. The molecule has 0 saturated carbocycles. The zero-order valence-corrected chi connectivity index (χ0v) is 12.0. The Kier molecular flexibility index (Phi) is 3.47. The van der Waals surface area contributed by atoms with Crippen LogP contribution in [-0.4, -0.2) is 5.78 Å². The molecule has 0 radical (unpaired) electrons. The molecule has 16 heavy (non-hydrogen) atoms. The summed E-state index contributed by atoms with van der Waals surface area (Å²) in [7, 11) is 0. The van der Waals surface area contributed by atoms with E-state index in [1.807, 2.05) is 11.4 Å². The Morgan fingerprint density at radius 2 is 1.94 bits per heavy atom. The van der Waals surface area contributed by atoms with Crippen LogP contribution in [0.4, 0.5) is 5.69 Å². The van der Waals surface area contributed by atoms with Crippen LogP contribution in [0, 0.1) is 0 Å². The summed E-state index contributed by atoms with van der Waals surface area (Å²) in [5, 5.41) is 1.83. The van der Waals surface area contributed by atoms with Gasteiger partial charge in [-0.3, -0.25) is 4.79 Å². The van der Waals surface area contributed by atoms with Gasteiger partial charge in [0.05, 0.1) is 3.79 Å². The lowest BCUT2D eigenvalue weighted by Gasteiger charge is -2.01. The molecule has 1 aromatic heterocycles. The van der Waals surface area contributed by atoms with Crippen LogP contribution in [-0.2, 0) is 0 Å². The molecule has 2 N–H and O–H groups in total. The van der Waals surface area contributed by atoms with Gasteiger partial charge in [-0.2, -0.15) is 0 Å². The van der Waals surface area contributed by atoms with E-state index in [-0.39, 0.29) is 5.78 Å². The number of nitrogen functional groups attached to an aromatic ring is 1. The summed E-state index contributed by atoms with van der Waals surface area (Å²) in [6, 6.07) is 7.01. The molecular weight excluding hydrogens is 354 g/mol. The molecule has 2 aromatic rings. The topological polar surface area (TPSA) is 43.1 Å². The van der Waals surface area contributed by atoms with Gasteiger partial charge >= 0.3 is 0 Å². The number of hydrogen-bond donors (Lipinski definition) is 1. The fraction of sp³-hybridized carbons (Fsp3) is 0. The third-order valence-corrected chi connectivity index (χ3v) is 4.28. The molecule has 0 spiro atoms. The molecular formula is C11H7Br2NOS. The van der Waals surface area contributed by atoms with Crippen LogP contribution < -0.4 is 5.73 Å². The SMILES string of the molecule is Nc1ccc(C(=O)c2csc(Br)c2)cc1Br. The number of halogens is 2. The predicted molar refractivity (Wildman–Crippen MR) is 74.0 cm³/mol. The number of nitrogens with two attached hydrogens (primary N) is 1. The van der Waals surface area contributed by atoms with Crippen molar-refractivity contribution in [2.24, 2.45) is 0 Å². The normalized spacial score (nSPS) is 10.4. The van der Waals surface area contributed by atoms with Crippen LogP contribution in [0.5, 0.6) is 0 Å². The van der Waals surface area contributed by atoms with Crippen LogP contribution in [0.1, 0.15) is 15.9 Å². The van der Waals surface area contributed by atoms with E-state index in [0.29, 0.717) is 16.8 Å². The third-order valence-electron chi connectivity index (χ3n) is 2.09. The molecule has 0 bridgehead atoms. The van der Waals surface area contributed by atoms with E-state index < -0.39 is 0 Å². The average molecular weight is 361 g/mol. The molecule has 0 amide bonds. The van der Waals surface area contributed by atoms with Crippen LogP contribution in [0.2, 0.25) is 0 Å². The zero-order chi connectivity index (χ0) is 11.7. The van der Waals surface area contributed by atoms with Gasteiger partial charge in [-0.05, 0) is 56.1 Å². The van der Waals surface area contributed by atoms with Gasteiger partial charge in [0.25, 0.3) is 0 Å². The van der Waals surface area contributed by atoms with Crippen LogP contribution in [0.3, 0.4) is 0 Å². The summed E-state index contributed by atoms with van der Waals surface area (Å²) in [6.45, 7) is 0. The zero-order valence-electron chi connectivity index (χ0n) is 8.04. The van der Waals surface area contributed by atoms with Crippen molar-refractivity contribution in [2.75, 3.05) is 5.73 Å². The Bertz CT molecular complexity index is 551. The van der Waals surface area contributed by atoms with Crippen molar-refractivity contribution in [3.05, 3.63) is 49.0 Å². The minimum absolute atomic E-state index is 0.00245. The van der Waals surface area contributed by atoms with Crippen molar-refractivity contribution in [2.45, 2.75) is 0 Å². The largest absolute Gasteiger partial charge is 0.398 e. The number of hydrogen-bond acceptors (Lipinski definition) is 3. The lowest BCUT2D eigenvalue weighted by Crippen LogP contribution is -2.00. The van der Waals surface area contributed by atoms with Gasteiger partial charge in [0.15, 0.2) is 5.78 Å². The second-order valence-electron chi connectivity index (χ2n) is 3.20. The number of carbonyl (C=O) groups excluding carboxylic acids is 1. The number of anilines is 1. The summed E-state index contributed by atoms with van der Waals surface area (Å²) >= 11 is 8.14. The van der Waals surface area contributed by atoms with Gasteiger partial charge in [-0.15, -0.1) is 11.3 Å². The maximum Gasteiger partial charge on any atom is 0.193 e. The van der Waals surface area contributed by atoms with E-state index in [1.54, 1.807) is 18.2 Å². The van der Waals surface area contributed by atoms with E-state index in [2.05, 4.69) is 31.9 Å². The number of rotatable bonds is 2. The highest BCUT2D eigenvalue weighted by Crippen LogP contribution is 2.25. The molecule has 1 aromatic carbocycles. The Morgan fingerprint density at radius 3 is 2.50 bits per heavy atom. The highest BCUT2D eigenvalue weighted by Gasteiger charge is 2.11. The molecule has 82 valence electrons. The van der Waals surface area contributed by atoms with Gasteiger partial charge in [-0.25, -0.2) is 0 Å². The first-order valence-electron chi connectivity index (χ1n) is 4.41. The predicted octanol–water partition coefficient (Wildman–Crippen LogP) is 4.09. The van der Waals surface area contributed by atoms with Crippen molar-refractivity contribution in [3.63, 3.8) is 0 Å². The molecule has 0 aliphatic carbocycles. The smallest absolute Gasteiger partial charge is 0.193 e. The quantitative estimate of drug-likeness (QED) is 0.647. The highest BCUT2D eigenvalue weighted by atomic mass is 79.9. The summed E-state index contributed by atoms with van der Waals surface area (Å²) in [4.78, 5) is 12.0. The van der Waals surface area contributed by atoms with Crippen molar-refractivity contribution in [1.82, 2.24) is 0 Å². The first-order valence-corrected chi connectivity index (χ1v) is 6.88. The fourth-order valence-corrected chi connectivity index (χ4v) is 2.78. The van der Waals surface area contributed by atoms with E-state index in [0.717, 1.165) is 8.26 Å². The van der Waals surface area contributed by atoms with E-state index in [4.69, 9.17) is 5.73 Å². The van der Waals surface area contributed by atoms with Gasteiger partial charge in [-0.1, -0.05) is 0 Å². The number of ketones is 1. The minimum Gasteiger partial charge on any atom is -0.398 e. The van der Waals surface area contributed by atoms with Crippen LogP contribution >= 0.6 is 43.2 Å². The van der Waals surface area contributed by atoms with Crippen molar-refractivity contribution >= 4 is 54.7 Å². The second kappa shape index (κ2) is 4.69. The molecule has 0 aliphatic rings. The molecule has 0 unspecified atom stereocenters. The molecule has 0 fully saturated rings. The fourth-order valence-electron chi connectivity index (χ4n) is 1.26. The molecule has 0 saturated heterocycles. The van der Waals surface area contributed by atoms with E-state index >= 15 is 0 Å². The molecule has 1 heterocycles. The third kappa shape index (κ3) is 2.36. The maximum absolute atomic E-state index is 12.0. The number of benzene rings is 1. The summed E-state index contributed by atoms with van der Waals surface area (Å²) in [5.74, 6) is 0.00245. The first kappa shape index (κ1) is 11.8. The van der Waals surface area contributed by atoms with E-state index in [9.17, 15) is 4.79 Å². The van der Waals surface area contributed by atoms with Gasteiger partial charge in [0.2, 0.25) is 0 Å². The van der Waals surface area contributed by atoms with Crippen molar-refractivity contribution < 1.29 is 4.79 Å². The standard InChI is InChI=1S/C11H7Br2NOS/c12-8-3-6(1-2-9(8)14)11(15)7-4-10(13)16-5-7/h1-5H,14H2. The van der Waals surface area contributed by atoms with Crippen molar-refractivity contribution in [3.8, 4) is 0 Å². The monoisotopic (exact) mass is 359 g/mol. The van der Waals surface area contributed by atoms with Crippen LogP contribution in [0.25, 0.3) is 0 Å². The Labute approximate surface area is 114 Å². The molecule has 2 nitrogen and oxygen atoms in total. The number of thiophene rings is 1. The summed E-state index contributed by atoms with van der Waals surface area (Å²) in [6.07, 6.45) is 0. The molecule has 5 heteroatoms. The first-order chi connectivity index (χ1) is 7.58. The van der Waals surface area contributed by atoms with Crippen LogP contribution in [0.15, 0.2) is 37.9 Å². The van der Waals surface area contributed by atoms with Gasteiger partial charge in [0, 0.05) is 26.7 Å². The Morgan fingerprint density at radius 1 is 1.19 bits per heavy atom.